The molecule has 0 unspecified atom stereocenters. The molecule has 3 rings (SSSR count). The quantitative estimate of drug-likeness (QED) is 0.499. The number of aromatic nitrogens is 4. The molecule has 2 aromatic heterocycles. The van der Waals surface area contributed by atoms with E-state index < -0.39 is 0 Å². The van der Waals surface area contributed by atoms with Crippen molar-refractivity contribution in [3.8, 4) is 5.69 Å². The lowest BCUT2D eigenvalue weighted by atomic mass is 10.1. The van der Waals surface area contributed by atoms with Gasteiger partial charge in [0, 0.05) is 58.4 Å². The van der Waals surface area contributed by atoms with Crippen LogP contribution in [0, 0.1) is 12.7 Å². The highest BCUT2D eigenvalue weighted by atomic mass is 19.1. The van der Waals surface area contributed by atoms with Gasteiger partial charge < -0.3 is 14.8 Å². The van der Waals surface area contributed by atoms with Crippen LogP contribution in [0.25, 0.3) is 5.69 Å². The second kappa shape index (κ2) is 9.11. The van der Waals surface area contributed by atoms with Gasteiger partial charge in [-0.05, 0) is 30.5 Å². The molecule has 2 heterocycles. The van der Waals surface area contributed by atoms with E-state index in [-0.39, 0.29) is 5.82 Å². The van der Waals surface area contributed by atoms with Crippen molar-refractivity contribution >= 4 is 5.96 Å². The lowest BCUT2D eigenvalue weighted by Crippen LogP contribution is -2.38. The molecule has 0 radical (unpaired) electrons. The van der Waals surface area contributed by atoms with Crippen molar-refractivity contribution in [2.45, 2.75) is 39.8 Å². The Balaban J connectivity index is 1.67. The summed E-state index contributed by atoms with van der Waals surface area (Å²) in [5, 5.41) is 7.89. The van der Waals surface area contributed by atoms with E-state index in [1.165, 1.54) is 5.56 Å². The molecule has 1 N–H and O–H groups in total. The van der Waals surface area contributed by atoms with Gasteiger partial charge in [-0.3, -0.25) is 9.67 Å². The molecule has 0 saturated heterocycles. The molecule has 0 amide bonds. The molecule has 30 heavy (non-hydrogen) atoms. The van der Waals surface area contributed by atoms with Gasteiger partial charge in [-0.1, -0.05) is 19.9 Å². The van der Waals surface area contributed by atoms with Crippen molar-refractivity contribution in [2.75, 3.05) is 14.1 Å². The predicted molar refractivity (Wildman–Crippen MR) is 117 cm³/mol. The van der Waals surface area contributed by atoms with Crippen molar-refractivity contribution in [3.05, 3.63) is 65.3 Å². The van der Waals surface area contributed by atoms with Crippen LogP contribution in [-0.2, 0) is 20.1 Å². The summed E-state index contributed by atoms with van der Waals surface area (Å²) in [6.45, 7) is 7.29. The van der Waals surface area contributed by atoms with E-state index in [1.807, 2.05) is 42.9 Å². The zero-order valence-electron chi connectivity index (χ0n) is 18.5. The zero-order valence-corrected chi connectivity index (χ0v) is 18.5. The lowest BCUT2D eigenvalue weighted by Gasteiger charge is -2.22. The second-order valence-corrected chi connectivity index (χ2v) is 7.75. The van der Waals surface area contributed by atoms with Crippen LogP contribution in [0.15, 0.2) is 41.8 Å². The number of rotatable bonds is 6. The number of hydrogen-bond acceptors (Lipinski definition) is 3. The molecule has 0 fully saturated rings. The number of imidazole rings is 1. The molecule has 8 heteroatoms. The minimum Gasteiger partial charge on any atom is -0.352 e. The van der Waals surface area contributed by atoms with Crippen molar-refractivity contribution in [1.82, 2.24) is 29.5 Å². The summed E-state index contributed by atoms with van der Waals surface area (Å²) in [5.41, 5.74) is 3.59. The Hall–Kier alpha value is -3.16. The van der Waals surface area contributed by atoms with Crippen LogP contribution in [0.5, 0.6) is 0 Å². The topological polar surface area (TPSA) is 63.3 Å². The highest BCUT2D eigenvalue weighted by Gasteiger charge is 2.15. The molecule has 0 atom stereocenters. The first-order chi connectivity index (χ1) is 14.3. The highest BCUT2D eigenvalue weighted by Crippen LogP contribution is 2.19. The number of halogens is 1. The SMILES string of the molecule is CN=C(NCc1ccc(-n2ccnc2C)c(F)c1)N(C)Cc1cn(C)nc1C(C)C. The third-order valence-electron chi connectivity index (χ3n) is 5.01. The predicted octanol–water partition coefficient (Wildman–Crippen LogP) is 3.38. The number of guanidine groups is 1. The van der Waals surface area contributed by atoms with Gasteiger partial charge in [-0.15, -0.1) is 0 Å². The van der Waals surface area contributed by atoms with E-state index in [1.54, 1.807) is 36.1 Å². The molecule has 1 aromatic carbocycles. The number of hydrogen-bond donors (Lipinski definition) is 1. The average molecular weight is 412 g/mol. The van der Waals surface area contributed by atoms with Crippen LogP contribution in [0.1, 0.15) is 42.4 Å². The molecule has 0 bridgehead atoms. The maximum absolute atomic E-state index is 14.6. The Bertz CT molecular complexity index is 1030. The summed E-state index contributed by atoms with van der Waals surface area (Å²) >= 11 is 0. The van der Waals surface area contributed by atoms with Gasteiger partial charge in [0.05, 0.1) is 11.4 Å². The summed E-state index contributed by atoms with van der Waals surface area (Å²) in [6.07, 6.45) is 5.47. The van der Waals surface area contributed by atoms with Crippen LogP contribution >= 0.6 is 0 Å². The van der Waals surface area contributed by atoms with E-state index in [2.05, 4.69) is 34.2 Å². The molecule has 0 aliphatic rings. The molecule has 7 nitrogen and oxygen atoms in total. The lowest BCUT2D eigenvalue weighted by molar-refractivity contribution is 0.473. The molecule has 0 spiro atoms. The summed E-state index contributed by atoms with van der Waals surface area (Å²) in [5.74, 6) is 1.56. The number of aliphatic imine (C=N–C) groups is 1. The van der Waals surface area contributed by atoms with Crippen molar-refractivity contribution < 1.29 is 4.39 Å². The van der Waals surface area contributed by atoms with Crippen molar-refractivity contribution in [3.63, 3.8) is 0 Å². The van der Waals surface area contributed by atoms with Crippen LogP contribution < -0.4 is 5.32 Å². The van der Waals surface area contributed by atoms with Gasteiger partial charge in [0.1, 0.15) is 11.6 Å². The summed E-state index contributed by atoms with van der Waals surface area (Å²) in [4.78, 5) is 10.6. The van der Waals surface area contributed by atoms with Gasteiger partial charge in [-0.2, -0.15) is 5.10 Å². The Labute approximate surface area is 177 Å². The van der Waals surface area contributed by atoms with Crippen LogP contribution in [0.2, 0.25) is 0 Å². The van der Waals surface area contributed by atoms with Gasteiger partial charge in [0.25, 0.3) is 0 Å². The maximum Gasteiger partial charge on any atom is 0.193 e. The Morgan fingerprint density at radius 1 is 1.33 bits per heavy atom. The van der Waals surface area contributed by atoms with Gasteiger partial charge >= 0.3 is 0 Å². The van der Waals surface area contributed by atoms with Gasteiger partial charge in [0.15, 0.2) is 5.96 Å². The average Bonchev–Trinajstić information content (AvgIpc) is 3.27. The summed E-state index contributed by atoms with van der Waals surface area (Å²) in [7, 11) is 5.67. The third-order valence-corrected chi connectivity index (χ3v) is 5.01. The molecule has 3 aromatic rings. The smallest absolute Gasteiger partial charge is 0.193 e. The van der Waals surface area contributed by atoms with E-state index in [0.29, 0.717) is 24.7 Å². The normalized spacial score (nSPS) is 11.9. The zero-order chi connectivity index (χ0) is 21.8. The van der Waals surface area contributed by atoms with Crippen LogP contribution in [0.3, 0.4) is 0 Å². The fraction of sp³-hybridized carbons (Fsp3) is 0.409. The number of aryl methyl sites for hydroxylation is 2. The van der Waals surface area contributed by atoms with E-state index >= 15 is 0 Å². The van der Waals surface area contributed by atoms with Crippen molar-refractivity contribution in [2.24, 2.45) is 12.0 Å². The Kier molecular flexibility index (Phi) is 6.54. The monoisotopic (exact) mass is 411 g/mol. The minimum atomic E-state index is -0.282. The van der Waals surface area contributed by atoms with Crippen LogP contribution in [-0.4, -0.2) is 44.3 Å². The Morgan fingerprint density at radius 3 is 2.70 bits per heavy atom. The van der Waals surface area contributed by atoms with Crippen LogP contribution in [0.4, 0.5) is 4.39 Å². The highest BCUT2D eigenvalue weighted by molar-refractivity contribution is 5.79. The largest absolute Gasteiger partial charge is 0.352 e. The minimum absolute atomic E-state index is 0.282. The van der Waals surface area contributed by atoms with Gasteiger partial charge in [-0.25, -0.2) is 9.37 Å². The van der Waals surface area contributed by atoms with E-state index in [9.17, 15) is 4.39 Å². The Morgan fingerprint density at radius 2 is 2.10 bits per heavy atom. The molecule has 0 saturated carbocycles. The summed E-state index contributed by atoms with van der Waals surface area (Å²) < 4.78 is 18.2. The molecular weight excluding hydrogens is 381 g/mol. The van der Waals surface area contributed by atoms with E-state index in [4.69, 9.17) is 0 Å². The molecular formula is C22H30FN7. The number of nitrogens with zero attached hydrogens (tertiary/aromatic N) is 6. The standard InChI is InChI=1S/C22H30FN7/c1-15(2)21-18(14-29(6)27-21)13-28(5)22(24-4)26-12-17-7-8-20(19(23)11-17)30-10-9-25-16(30)3/h7-11,14-15H,12-13H2,1-6H3,(H,24,26). The third kappa shape index (κ3) is 4.69. The van der Waals surface area contributed by atoms with Gasteiger partial charge in [0.2, 0.25) is 0 Å². The first-order valence-electron chi connectivity index (χ1n) is 10.0. The van der Waals surface area contributed by atoms with Crippen molar-refractivity contribution in [1.29, 1.82) is 0 Å². The number of nitrogens with one attached hydrogen (secondary N) is 1. The number of benzene rings is 1. The molecule has 160 valence electrons. The fourth-order valence-electron chi connectivity index (χ4n) is 3.55. The first kappa shape index (κ1) is 21.5. The first-order valence-corrected chi connectivity index (χ1v) is 10.0. The van der Waals surface area contributed by atoms with E-state index in [0.717, 1.165) is 23.0 Å². The second-order valence-electron chi connectivity index (χ2n) is 7.75. The molecule has 0 aliphatic heterocycles. The fourth-order valence-corrected chi connectivity index (χ4v) is 3.55. The summed E-state index contributed by atoms with van der Waals surface area (Å²) in [6, 6.07) is 5.24. The molecule has 0 aliphatic carbocycles. The maximum atomic E-state index is 14.6.